The molecule has 1 aliphatic heterocycles. The van der Waals surface area contributed by atoms with E-state index in [1.807, 2.05) is 24.3 Å². The van der Waals surface area contributed by atoms with Gasteiger partial charge >= 0.3 is 0 Å². The van der Waals surface area contributed by atoms with Crippen LogP contribution < -0.4 is 21.3 Å². The number of nitrogens with one attached hydrogen (secondary N) is 5. The van der Waals surface area contributed by atoms with Crippen LogP contribution in [0.3, 0.4) is 0 Å². The zero-order valence-corrected chi connectivity index (χ0v) is 23.0. The molecular weight excluding hydrogens is 534 g/mol. The number of alkyl halides is 2. The summed E-state index contributed by atoms with van der Waals surface area (Å²) in [4.78, 5) is 4.45. The number of pyridine rings is 1. The van der Waals surface area contributed by atoms with Crippen LogP contribution in [0.5, 0.6) is 0 Å². The maximum Gasteiger partial charge on any atom is 0.261 e. The van der Waals surface area contributed by atoms with Gasteiger partial charge in [0.25, 0.3) is 6.43 Å². The van der Waals surface area contributed by atoms with Crippen LogP contribution in [0, 0.1) is 16.7 Å². The first-order valence-corrected chi connectivity index (χ1v) is 13.5. The molecule has 11 heteroatoms. The summed E-state index contributed by atoms with van der Waals surface area (Å²) < 4.78 is 27.4. The Morgan fingerprint density at radius 3 is 2.77 bits per heavy atom. The highest BCUT2D eigenvalue weighted by molar-refractivity contribution is 6.35. The average molecular weight is 563 g/mol. The van der Waals surface area contributed by atoms with Gasteiger partial charge in [0.2, 0.25) is 0 Å². The number of benzene rings is 2. The van der Waals surface area contributed by atoms with Crippen molar-refractivity contribution in [2.24, 2.45) is 5.41 Å². The first-order chi connectivity index (χ1) is 19.1. The molecule has 1 atom stereocenters. The van der Waals surface area contributed by atoms with Crippen molar-refractivity contribution >= 4 is 50.6 Å². The first kappa shape index (κ1) is 26.1. The van der Waals surface area contributed by atoms with Crippen LogP contribution in [0.25, 0.3) is 21.8 Å². The molecule has 0 bridgehead atoms. The Balaban J connectivity index is 1.44. The molecule has 6 rings (SSSR count). The molecule has 0 spiro atoms. The fourth-order valence-corrected chi connectivity index (χ4v) is 5.27. The Kier molecular flexibility index (Phi) is 6.22. The van der Waals surface area contributed by atoms with Crippen LogP contribution in [0.15, 0.2) is 48.4 Å². The minimum absolute atomic E-state index is 0.0272. The van der Waals surface area contributed by atoms with Crippen molar-refractivity contribution in [3.05, 3.63) is 64.6 Å². The third kappa shape index (κ3) is 4.64. The number of rotatable bonds is 7. The second-order valence-corrected chi connectivity index (χ2v) is 12.1. The SMILES string of the molecule is CC(C)(C)CNc1c(C#N)cnc2c(Cl)cc(NC3/C(=C/NC4(C(F)F)CC4)Nc4n[nH]c5cccc3c45)cc12. The number of H-pyrrole nitrogens is 1. The quantitative estimate of drug-likeness (QED) is 0.166. The topological polar surface area (TPSA) is 113 Å². The third-order valence-electron chi connectivity index (χ3n) is 7.38. The Morgan fingerprint density at radius 1 is 1.27 bits per heavy atom. The van der Waals surface area contributed by atoms with Gasteiger partial charge < -0.3 is 21.3 Å². The molecular formula is C29H29ClF2N8. The molecule has 2 aromatic carbocycles. The van der Waals surface area contributed by atoms with Gasteiger partial charge in [-0.1, -0.05) is 44.5 Å². The highest BCUT2D eigenvalue weighted by Gasteiger charge is 2.50. The summed E-state index contributed by atoms with van der Waals surface area (Å²) in [5, 5.41) is 32.5. The summed E-state index contributed by atoms with van der Waals surface area (Å²) in [6, 6.07) is 11.4. The number of nitriles is 1. The smallest absolute Gasteiger partial charge is 0.261 e. The highest BCUT2D eigenvalue weighted by Crippen LogP contribution is 2.44. The van der Waals surface area contributed by atoms with Crippen LogP contribution >= 0.6 is 11.6 Å². The Hall–Kier alpha value is -4.10. The molecule has 8 nitrogen and oxygen atoms in total. The lowest BCUT2D eigenvalue weighted by Crippen LogP contribution is -2.36. The van der Waals surface area contributed by atoms with Crippen LogP contribution in [-0.2, 0) is 0 Å². The van der Waals surface area contributed by atoms with Gasteiger partial charge in [0.1, 0.15) is 6.07 Å². The van der Waals surface area contributed by atoms with E-state index in [9.17, 15) is 14.0 Å². The number of hydrogen-bond donors (Lipinski definition) is 5. The lowest BCUT2D eigenvalue weighted by Gasteiger charge is -2.29. The monoisotopic (exact) mass is 562 g/mol. The van der Waals surface area contributed by atoms with Crippen molar-refractivity contribution in [1.82, 2.24) is 20.5 Å². The van der Waals surface area contributed by atoms with Crippen LogP contribution in [0.1, 0.15) is 50.8 Å². The molecule has 0 radical (unpaired) electrons. The van der Waals surface area contributed by atoms with E-state index >= 15 is 0 Å². The first-order valence-electron chi connectivity index (χ1n) is 13.1. The summed E-state index contributed by atoms with van der Waals surface area (Å²) in [5.41, 5.74) is 3.56. The summed E-state index contributed by atoms with van der Waals surface area (Å²) >= 11 is 6.73. The normalized spacial score (nSPS) is 18.6. The number of fused-ring (bicyclic) bond motifs is 1. The molecule has 40 heavy (non-hydrogen) atoms. The van der Waals surface area contributed by atoms with E-state index < -0.39 is 18.0 Å². The second kappa shape index (κ2) is 9.52. The van der Waals surface area contributed by atoms with Gasteiger partial charge in [0, 0.05) is 35.4 Å². The second-order valence-electron chi connectivity index (χ2n) is 11.7. The minimum Gasteiger partial charge on any atom is -0.383 e. The predicted molar refractivity (Wildman–Crippen MR) is 155 cm³/mol. The number of aromatic amines is 1. The van der Waals surface area contributed by atoms with Gasteiger partial charge in [0.05, 0.1) is 44.6 Å². The summed E-state index contributed by atoms with van der Waals surface area (Å²) in [6.45, 7) is 6.96. The van der Waals surface area contributed by atoms with Gasteiger partial charge in [-0.2, -0.15) is 10.4 Å². The van der Waals surface area contributed by atoms with Crippen LogP contribution in [0.2, 0.25) is 5.02 Å². The van der Waals surface area contributed by atoms with Gasteiger partial charge in [-0.05, 0) is 42.0 Å². The molecule has 1 fully saturated rings. The number of hydrogen-bond acceptors (Lipinski definition) is 7. The van der Waals surface area contributed by atoms with E-state index in [-0.39, 0.29) is 5.41 Å². The number of nitrogens with zero attached hydrogens (tertiary/aromatic N) is 3. The summed E-state index contributed by atoms with van der Waals surface area (Å²) in [6.07, 6.45) is 1.51. The van der Waals surface area contributed by atoms with Gasteiger partial charge in [-0.15, -0.1) is 0 Å². The zero-order valence-electron chi connectivity index (χ0n) is 22.3. The molecule has 0 saturated heterocycles. The maximum atomic E-state index is 13.7. The van der Waals surface area contributed by atoms with E-state index in [1.165, 1.54) is 6.20 Å². The highest BCUT2D eigenvalue weighted by atomic mass is 35.5. The molecule has 1 unspecified atom stereocenters. The lowest BCUT2D eigenvalue weighted by atomic mass is 9.95. The lowest BCUT2D eigenvalue weighted by molar-refractivity contribution is 0.0926. The maximum absolute atomic E-state index is 13.7. The van der Waals surface area contributed by atoms with Crippen molar-refractivity contribution in [1.29, 1.82) is 5.26 Å². The van der Waals surface area contributed by atoms with Gasteiger partial charge in [0.15, 0.2) is 5.82 Å². The van der Waals surface area contributed by atoms with E-state index in [0.717, 1.165) is 16.5 Å². The molecule has 4 aromatic rings. The van der Waals surface area contributed by atoms with Crippen molar-refractivity contribution in [2.45, 2.75) is 51.6 Å². The fraction of sp³-hybridized carbons (Fsp3) is 0.345. The predicted octanol–water partition coefficient (Wildman–Crippen LogP) is 6.90. The van der Waals surface area contributed by atoms with Crippen LogP contribution in [0.4, 0.5) is 26.0 Å². The Bertz CT molecular complexity index is 1690. The minimum atomic E-state index is -2.47. The van der Waals surface area contributed by atoms with E-state index in [1.54, 1.807) is 12.3 Å². The van der Waals surface area contributed by atoms with Crippen molar-refractivity contribution in [3.63, 3.8) is 0 Å². The van der Waals surface area contributed by atoms with Crippen LogP contribution in [-0.4, -0.2) is 33.7 Å². The van der Waals surface area contributed by atoms with E-state index in [2.05, 4.69) is 63.3 Å². The Labute approximate surface area is 235 Å². The molecule has 1 saturated carbocycles. The zero-order chi connectivity index (χ0) is 28.2. The van der Waals surface area contributed by atoms with E-state index in [4.69, 9.17) is 11.6 Å². The van der Waals surface area contributed by atoms with Gasteiger partial charge in [-0.25, -0.2) is 8.78 Å². The molecule has 206 valence electrons. The van der Waals surface area contributed by atoms with Crippen molar-refractivity contribution < 1.29 is 8.78 Å². The van der Waals surface area contributed by atoms with Crippen molar-refractivity contribution in [2.75, 3.05) is 22.5 Å². The molecule has 0 amide bonds. The largest absolute Gasteiger partial charge is 0.383 e. The third-order valence-corrected chi connectivity index (χ3v) is 7.67. The summed E-state index contributed by atoms with van der Waals surface area (Å²) in [5.74, 6) is 0.631. The number of aromatic nitrogens is 3. The van der Waals surface area contributed by atoms with Crippen molar-refractivity contribution in [3.8, 4) is 6.07 Å². The molecule has 2 aromatic heterocycles. The van der Waals surface area contributed by atoms with Gasteiger partial charge in [-0.3, -0.25) is 10.1 Å². The molecule has 5 N–H and O–H groups in total. The summed E-state index contributed by atoms with van der Waals surface area (Å²) in [7, 11) is 0. The van der Waals surface area contributed by atoms with E-state index in [0.29, 0.717) is 63.8 Å². The molecule has 1 aliphatic carbocycles. The number of halogens is 3. The molecule has 3 heterocycles. The fourth-order valence-electron chi connectivity index (χ4n) is 5.00. The number of anilines is 3. The standard InChI is InChI=1S/C29H29ClF2N8/c1-28(2,3)14-35-23-15(11-33)12-34-24-18(23)9-16(10-19(24)30)37-25-17-5-4-6-20-22(17)26(40-39-20)38-21(25)13-36-29(7-8-29)27(31)32/h4-6,9-10,12-13,25,27,36-37H,7-8,14H2,1-3H3,(H,34,35)(H2,38,39,40)/b21-13-. The molecule has 2 aliphatic rings. The Morgan fingerprint density at radius 2 is 2.08 bits per heavy atom. The average Bonchev–Trinajstić information content (AvgIpc) is 3.61.